The molecule has 0 aromatic heterocycles. The minimum atomic E-state index is -0.0393. The van der Waals surface area contributed by atoms with Crippen LogP contribution >= 0.6 is 0 Å². The van der Waals surface area contributed by atoms with Gasteiger partial charge in [-0.25, -0.2) is 0 Å². The number of aliphatic imine (C=N–C) groups is 1. The fourth-order valence-electron chi connectivity index (χ4n) is 3.52. The van der Waals surface area contributed by atoms with Crippen LogP contribution in [0.2, 0.25) is 0 Å². The van der Waals surface area contributed by atoms with Crippen LogP contribution in [0.25, 0.3) is 6.08 Å². The Bertz CT molecular complexity index is 808. The predicted molar refractivity (Wildman–Crippen MR) is 98.7 cm³/mol. The summed E-state index contributed by atoms with van der Waals surface area (Å²) in [6.07, 6.45) is 7.05. The highest BCUT2D eigenvalue weighted by atomic mass is 16.2. The van der Waals surface area contributed by atoms with E-state index in [1.54, 1.807) is 0 Å². The molecule has 1 heterocycles. The molecule has 1 amide bonds. The van der Waals surface area contributed by atoms with Gasteiger partial charge in [-0.15, -0.1) is 0 Å². The molecule has 0 saturated heterocycles. The van der Waals surface area contributed by atoms with Crippen molar-refractivity contribution in [1.29, 1.82) is 0 Å². The summed E-state index contributed by atoms with van der Waals surface area (Å²) >= 11 is 0. The van der Waals surface area contributed by atoms with Crippen molar-refractivity contribution in [2.24, 2.45) is 10.9 Å². The van der Waals surface area contributed by atoms with Gasteiger partial charge in [-0.1, -0.05) is 54.6 Å². The number of fused-ring (bicyclic) bond motifs is 2. The van der Waals surface area contributed by atoms with Crippen LogP contribution in [0.5, 0.6) is 0 Å². The number of hydrogen-bond donors (Lipinski definition) is 0. The Hall–Kier alpha value is -2.68. The molecule has 0 bridgehead atoms. The normalized spacial score (nSPS) is 19.8. The molecule has 4 rings (SSSR count). The number of carbonyl (C=O) groups excluding carboxylic acids is 1. The number of nitrogens with zero attached hydrogens (tertiary/aromatic N) is 2. The molecule has 24 heavy (non-hydrogen) atoms. The van der Waals surface area contributed by atoms with Crippen molar-refractivity contribution in [2.45, 2.75) is 19.3 Å². The van der Waals surface area contributed by atoms with Crippen LogP contribution in [0.15, 0.2) is 65.7 Å². The molecule has 2 aromatic carbocycles. The van der Waals surface area contributed by atoms with E-state index in [0.29, 0.717) is 6.54 Å². The molecule has 3 nitrogen and oxygen atoms in total. The lowest BCUT2D eigenvalue weighted by molar-refractivity contribution is -0.120. The van der Waals surface area contributed by atoms with Crippen molar-refractivity contribution < 1.29 is 4.79 Å². The quantitative estimate of drug-likeness (QED) is 0.813. The lowest BCUT2D eigenvalue weighted by atomic mass is 10.1. The van der Waals surface area contributed by atoms with Crippen LogP contribution in [0.1, 0.15) is 24.8 Å². The maximum absolute atomic E-state index is 13.0. The molecule has 0 spiro atoms. The molecule has 1 saturated carbocycles. The number of amides is 1. The number of hydrogen-bond acceptors (Lipinski definition) is 2. The number of anilines is 1. The average molecular weight is 316 g/mol. The zero-order valence-corrected chi connectivity index (χ0v) is 13.6. The number of carbonyl (C=O) groups is 1. The maximum atomic E-state index is 13.0. The summed E-state index contributed by atoms with van der Waals surface area (Å²) in [6, 6.07) is 18.1. The van der Waals surface area contributed by atoms with E-state index in [4.69, 9.17) is 4.99 Å². The smallest absolute Gasteiger partial charge is 0.236 e. The minimum Gasteiger partial charge on any atom is -0.306 e. The zero-order valence-electron chi connectivity index (χ0n) is 13.6. The van der Waals surface area contributed by atoms with Gasteiger partial charge in [-0.05, 0) is 37.0 Å². The highest BCUT2D eigenvalue weighted by Gasteiger charge is 2.35. The number of rotatable bonds is 3. The molecular formula is C21H20N2O. The summed E-state index contributed by atoms with van der Waals surface area (Å²) in [4.78, 5) is 19.7. The molecule has 1 fully saturated rings. The SMILES string of the molecule is O=C1C2CCCC2=Nc2ccccc2N1CC=Cc1ccccc1. The van der Waals surface area contributed by atoms with Gasteiger partial charge < -0.3 is 4.90 Å². The summed E-state index contributed by atoms with van der Waals surface area (Å²) in [5, 5.41) is 0. The van der Waals surface area contributed by atoms with E-state index >= 15 is 0 Å². The van der Waals surface area contributed by atoms with Crippen molar-refractivity contribution >= 4 is 29.1 Å². The topological polar surface area (TPSA) is 32.7 Å². The van der Waals surface area contributed by atoms with Crippen LogP contribution in [0.3, 0.4) is 0 Å². The van der Waals surface area contributed by atoms with E-state index in [9.17, 15) is 4.79 Å². The van der Waals surface area contributed by atoms with E-state index < -0.39 is 0 Å². The number of para-hydroxylation sites is 2. The minimum absolute atomic E-state index is 0.0393. The second-order valence-corrected chi connectivity index (χ2v) is 6.30. The van der Waals surface area contributed by atoms with E-state index in [1.165, 1.54) is 0 Å². The van der Waals surface area contributed by atoms with Gasteiger partial charge in [0.2, 0.25) is 5.91 Å². The monoisotopic (exact) mass is 316 g/mol. The average Bonchev–Trinajstić information content (AvgIpc) is 3.04. The van der Waals surface area contributed by atoms with Gasteiger partial charge in [-0.2, -0.15) is 0 Å². The van der Waals surface area contributed by atoms with Crippen molar-refractivity contribution in [3.63, 3.8) is 0 Å². The summed E-state index contributed by atoms with van der Waals surface area (Å²) in [5.74, 6) is 0.149. The van der Waals surface area contributed by atoms with Gasteiger partial charge >= 0.3 is 0 Å². The van der Waals surface area contributed by atoms with Gasteiger partial charge in [0, 0.05) is 12.3 Å². The first-order chi connectivity index (χ1) is 11.8. The van der Waals surface area contributed by atoms with Crippen LogP contribution in [0, 0.1) is 5.92 Å². The Kier molecular flexibility index (Phi) is 3.99. The van der Waals surface area contributed by atoms with E-state index in [-0.39, 0.29) is 11.8 Å². The summed E-state index contributed by atoms with van der Waals surface area (Å²) in [7, 11) is 0. The molecule has 1 atom stereocenters. The molecule has 120 valence electrons. The molecule has 1 unspecified atom stereocenters. The molecule has 3 heteroatoms. The third-order valence-corrected chi connectivity index (χ3v) is 4.73. The molecule has 1 aliphatic carbocycles. The molecule has 2 aliphatic rings. The number of benzene rings is 2. The largest absolute Gasteiger partial charge is 0.306 e. The highest BCUT2D eigenvalue weighted by molar-refractivity contribution is 6.15. The first-order valence-electron chi connectivity index (χ1n) is 8.52. The van der Waals surface area contributed by atoms with Crippen LogP contribution < -0.4 is 4.90 Å². The van der Waals surface area contributed by atoms with Crippen molar-refractivity contribution in [3.05, 3.63) is 66.2 Å². The van der Waals surface area contributed by atoms with Gasteiger partial charge in [0.05, 0.1) is 17.3 Å². The van der Waals surface area contributed by atoms with Crippen molar-refractivity contribution in [1.82, 2.24) is 0 Å². The highest BCUT2D eigenvalue weighted by Crippen LogP contribution is 2.37. The Morgan fingerprint density at radius 2 is 1.88 bits per heavy atom. The van der Waals surface area contributed by atoms with Crippen LogP contribution in [-0.4, -0.2) is 18.2 Å². The van der Waals surface area contributed by atoms with E-state index in [2.05, 4.69) is 24.3 Å². The Balaban J connectivity index is 1.64. The summed E-state index contributed by atoms with van der Waals surface area (Å²) in [6.45, 7) is 0.573. The third kappa shape index (κ3) is 2.78. The summed E-state index contributed by atoms with van der Waals surface area (Å²) < 4.78 is 0. The second-order valence-electron chi connectivity index (χ2n) is 6.30. The first kappa shape index (κ1) is 14.9. The fraction of sp³-hybridized carbons (Fsp3) is 0.238. The van der Waals surface area contributed by atoms with Gasteiger partial charge in [-0.3, -0.25) is 9.79 Å². The van der Waals surface area contributed by atoms with Crippen LogP contribution in [0.4, 0.5) is 11.4 Å². The maximum Gasteiger partial charge on any atom is 0.236 e. The molecule has 1 aliphatic heterocycles. The van der Waals surface area contributed by atoms with Crippen molar-refractivity contribution in [3.8, 4) is 0 Å². The molecule has 0 radical (unpaired) electrons. The standard InChI is InChI=1S/C21H20N2O/c24-21-17-11-6-13-18(17)22-19-12-4-5-14-20(19)23(21)15-7-10-16-8-2-1-3-9-16/h1-5,7-10,12,14,17H,6,11,13,15H2. The van der Waals surface area contributed by atoms with Crippen molar-refractivity contribution in [2.75, 3.05) is 11.4 Å². The first-order valence-corrected chi connectivity index (χ1v) is 8.52. The lowest BCUT2D eigenvalue weighted by Crippen LogP contribution is -2.36. The van der Waals surface area contributed by atoms with Gasteiger partial charge in [0.1, 0.15) is 0 Å². The predicted octanol–water partition coefficient (Wildman–Crippen LogP) is 4.62. The lowest BCUT2D eigenvalue weighted by Gasteiger charge is -2.23. The Morgan fingerprint density at radius 1 is 1.08 bits per heavy atom. The Morgan fingerprint density at radius 3 is 2.75 bits per heavy atom. The summed E-state index contributed by atoms with van der Waals surface area (Å²) in [5.41, 5.74) is 4.04. The second kappa shape index (κ2) is 6.44. The van der Waals surface area contributed by atoms with E-state index in [0.717, 1.165) is 41.9 Å². The zero-order chi connectivity index (χ0) is 16.4. The molecule has 2 aromatic rings. The Labute approximate surface area is 142 Å². The molecule has 0 N–H and O–H groups in total. The van der Waals surface area contributed by atoms with Gasteiger partial charge in [0.15, 0.2) is 0 Å². The van der Waals surface area contributed by atoms with Crippen LogP contribution in [-0.2, 0) is 4.79 Å². The van der Waals surface area contributed by atoms with Gasteiger partial charge in [0.25, 0.3) is 0 Å². The third-order valence-electron chi connectivity index (χ3n) is 4.73. The van der Waals surface area contributed by atoms with E-state index in [1.807, 2.05) is 47.4 Å². The molecular weight excluding hydrogens is 296 g/mol. The fourth-order valence-corrected chi connectivity index (χ4v) is 3.52.